The van der Waals surface area contributed by atoms with Crippen LogP contribution in [0, 0.1) is 0 Å². The van der Waals surface area contributed by atoms with Crippen LogP contribution >= 0.6 is 0 Å². The van der Waals surface area contributed by atoms with Gasteiger partial charge in [0.05, 0.1) is 0 Å². The van der Waals surface area contributed by atoms with E-state index in [-0.39, 0.29) is 17.8 Å². The summed E-state index contributed by atoms with van der Waals surface area (Å²) < 4.78 is 11.3. The number of rotatable bonds is 8. The summed E-state index contributed by atoms with van der Waals surface area (Å²) in [6.07, 6.45) is 0.0365. The van der Waals surface area contributed by atoms with E-state index in [1.165, 1.54) is 0 Å². The second-order valence-electron chi connectivity index (χ2n) is 4.03. The third-order valence-corrected chi connectivity index (χ3v) is 5.13. The second kappa shape index (κ2) is 8.91. The molecular weight excluding hydrogens is 451 g/mol. The van der Waals surface area contributed by atoms with Gasteiger partial charge in [-0.15, -0.1) is 0 Å². The number of para-hydroxylation sites is 1. The number of hydrogen-bond donors (Lipinski definition) is 2. The molecule has 0 saturated carbocycles. The molecule has 0 spiro atoms. The third kappa shape index (κ3) is 5.46. The maximum atomic E-state index is 12.1. The van der Waals surface area contributed by atoms with Crippen LogP contribution in [-0.4, -0.2) is 43.3 Å². The van der Waals surface area contributed by atoms with E-state index in [1.54, 1.807) is 31.4 Å². The van der Waals surface area contributed by atoms with Crippen molar-refractivity contribution >= 4 is 11.9 Å². The number of ether oxygens (including phenoxy) is 2. The Morgan fingerprint density at radius 2 is 2.10 bits per heavy atom. The van der Waals surface area contributed by atoms with Crippen molar-refractivity contribution in [2.24, 2.45) is 0 Å². The van der Waals surface area contributed by atoms with E-state index in [2.05, 4.69) is 5.32 Å². The van der Waals surface area contributed by atoms with E-state index in [0.29, 0.717) is 38.2 Å². The van der Waals surface area contributed by atoms with Crippen LogP contribution in [0.3, 0.4) is 0 Å². The van der Waals surface area contributed by atoms with Gasteiger partial charge in [0.15, 0.2) is 0 Å². The van der Waals surface area contributed by atoms with Gasteiger partial charge in [-0.05, 0) is 0 Å². The van der Waals surface area contributed by atoms with Crippen LogP contribution in [0.1, 0.15) is 10.4 Å². The quantitative estimate of drug-likeness (QED) is 0.555. The molecule has 1 amide bonds. The standard InChI is InChI=1S/C13H16NO5.Hg/c1-9(18-2)7-14-13(17)10-5-3-4-6-11(10)19-8-12(15)16;/h3-6,9H,1,7-8H2,2H3,(H,14,17)(H,15,16);. The Bertz CT molecular complexity index is 462. The molecule has 20 heavy (non-hydrogen) atoms. The van der Waals surface area contributed by atoms with Crippen molar-refractivity contribution in [3.05, 3.63) is 29.8 Å². The van der Waals surface area contributed by atoms with Gasteiger partial charge in [-0.1, -0.05) is 0 Å². The zero-order chi connectivity index (χ0) is 15.0. The van der Waals surface area contributed by atoms with Crippen molar-refractivity contribution in [2.45, 2.75) is 10.0 Å². The van der Waals surface area contributed by atoms with Gasteiger partial charge in [-0.3, -0.25) is 0 Å². The van der Waals surface area contributed by atoms with E-state index in [0.717, 1.165) is 3.93 Å². The first-order valence-electron chi connectivity index (χ1n) is 6.12. The Kier molecular flexibility index (Phi) is 7.54. The summed E-state index contributed by atoms with van der Waals surface area (Å²) in [5.41, 5.74) is 0.321. The first-order valence-corrected chi connectivity index (χ1v) is 10.0. The molecule has 0 aliphatic carbocycles. The molecule has 0 heterocycles. The van der Waals surface area contributed by atoms with Gasteiger partial charge in [0.2, 0.25) is 0 Å². The van der Waals surface area contributed by atoms with E-state index >= 15 is 0 Å². The summed E-state index contributed by atoms with van der Waals surface area (Å²) in [5, 5.41) is 11.4. The van der Waals surface area contributed by atoms with Gasteiger partial charge in [-0.2, -0.15) is 0 Å². The molecule has 0 saturated heterocycles. The molecule has 1 aromatic carbocycles. The van der Waals surface area contributed by atoms with Crippen LogP contribution in [-0.2, 0) is 35.7 Å². The van der Waals surface area contributed by atoms with Crippen molar-refractivity contribution in [3.8, 4) is 5.75 Å². The predicted molar refractivity (Wildman–Crippen MR) is 67.5 cm³/mol. The van der Waals surface area contributed by atoms with Gasteiger partial charge in [-0.25, -0.2) is 0 Å². The number of benzene rings is 1. The fourth-order valence-corrected chi connectivity index (χ4v) is 3.23. The molecule has 1 aromatic rings. The van der Waals surface area contributed by atoms with Crippen LogP contribution < -0.4 is 10.1 Å². The summed E-state index contributed by atoms with van der Waals surface area (Å²) >= 11 is 0.605. The Hall–Kier alpha value is -1.14. The fourth-order valence-electron chi connectivity index (χ4n) is 1.52. The van der Waals surface area contributed by atoms with E-state index in [9.17, 15) is 9.59 Å². The molecule has 2 N–H and O–H groups in total. The number of aliphatic carboxylic acids is 1. The van der Waals surface area contributed by atoms with Crippen molar-refractivity contribution < 1.29 is 50.3 Å². The Balaban J connectivity index is 2.69. The normalized spacial score (nSPS) is 11.8. The number of carboxylic acids is 1. The average Bonchev–Trinajstić information content (AvgIpc) is 2.46. The third-order valence-electron chi connectivity index (χ3n) is 2.63. The minimum atomic E-state index is -1.09. The van der Waals surface area contributed by atoms with Crippen molar-refractivity contribution in [2.75, 3.05) is 20.3 Å². The van der Waals surface area contributed by atoms with E-state index in [4.69, 9.17) is 14.6 Å². The molecule has 0 fully saturated rings. The number of methoxy groups -OCH3 is 1. The Morgan fingerprint density at radius 1 is 1.40 bits per heavy atom. The summed E-state index contributed by atoms with van der Waals surface area (Å²) in [6.45, 7) is -0.0418. The number of carbonyl (C=O) groups excluding carboxylic acids is 1. The average molecular weight is 467 g/mol. The van der Waals surface area contributed by atoms with Crippen LogP contribution in [0.4, 0.5) is 0 Å². The number of carboxylic acid groups (broad SMARTS) is 1. The van der Waals surface area contributed by atoms with Gasteiger partial charge < -0.3 is 0 Å². The molecule has 105 valence electrons. The van der Waals surface area contributed by atoms with Gasteiger partial charge in [0.1, 0.15) is 0 Å². The molecule has 1 atom stereocenters. The summed E-state index contributed by atoms with van der Waals surface area (Å²) in [4.78, 5) is 22.6. The topological polar surface area (TPSA) is 84.9 Å². The van der Waals surface area contributed by atoms with Crippen LogP contribution in [0.2, 0.25) is 3.93 Å². The number of amides is 1. The molecular formula is C13H16HgNO5. The summed E-state index contributed by atoms with van der Waals surface area (Å²) in [7, 11) is 1.62. The zero-order valence-electron chi connectivity index (χ0n) is 11.3. The number of nitrogens with one attached hydrogen (secondary N) is 1. The molecule has 7 heteroatoms. The summed E-state index contributed by atoms with van der Waals surface area (Å²) in [5.74, 6) is -1.12. The molecule has 1 unspecified atom stereocenters. The van der Waals surface area contributed by atoms with E-state index < -0.39 is 12.6 Å². The first kappa shape index (κ1) is 16.9. The fraction of sp³-hybridized carbons (Fsp3) is 0.385. The maximum absolute atomic E-state index is 12.1. The van der Waals surface area contributed by atoms with Crippen LogP contribution in [0.5, 0.6) is 5.75 Å². The predicted octanol–water partition coefficient (Wildman–Crippen LogP) is 0.860. The summed E-state index contributed by atoms with van der Waals surface area (Å²) in [6, 6.07) is 6.55. The Labute approximate surface area is 133 Å². The van der Waals surface area contributed by atoms with Gasteiger partial charge >= 0.3 is 133 Å². The van der Waals surface area contributed by atoms with Crippen LogP contribution in [0.15, 0.2) is 24.3 Å². The molecule has 6 nitrogen and oxygen atoms in total. The monoisotopic (exact) mass is 468 g/mol. The zero-order valence-corrected chi connectivity index (χ0v) is 16.8. The molecule has 0 aromatic heterocycles. The first-order chi connectivity index (χ1) is 9.58. The molecule has 0 aliphatic rings. The Morgan fingerprint density at radius 3 is 2.70 bits per heavy atom. The van der Waals surface area contributed by atoms with E-state index in [1.807, 2.05) is 0 Å². The van der Waals surface area contributed by atoms with Crippen molar-refractivity contribution in [3.63, 3.8) is 0 Å². The number of carbonyl (C=O) groups is 2. The SMILES string of the molecule is COC([CH2][Hg])CNC(=O)c1ccccc1OCC(=O)O. The minimum absolute atomic E-state index is 0.0365. The number of hydrogen-bond acceptors (Lipinski definition) is 4. The van der Waals surface area contributed by atoms with Crippen LogP contribution in [0.25, 0.3) is 0 Å². The molecule has 1 rings (SSSR count). The van der Waals surface area contributed by atoms with Crippen molar-refractivity contribution in [1.82, 2.24) is 5.32 Å². The molecule has 0 aliphatic heterocycles. The van der Waals surface area contributed by atoms with Crippen molar-refractivity contribution in [1.29, 1.82) is 0 Å². The molecule has 0 bridgehead atoms. The second-order valence-corrected chi connectivity index (χ2v) is 6.28. The van der Waals surface area contributed by atoms with Gasteiger partial charge in [0, 0.05) is 0 Å². The van der Waals surface area contributed by atoms with Gasteiger partial charge in [0.25, 0.3) is 0 Å². The molecule has 0 radical (unpaired) electrons.